The third-order valence-corrected chi connectivity index (χ3v) is 9.52. The average molecular weight is 873 g/mol. The minimum atomic E-state index is 0. The second-order valence-corrected chi connectivity index (χ2v) is 14.1. The Labute approximate surface area is 387 Å². The van der Waals surface area contributed by atoms with Gasteiger partial charge in [-0.25, -0.2) is 0 Å². The molecule has 0 bridgehead atoms. The lowest BCUT2D eigenvalue weighted by Gasteiger charge is -2.15. The summed E-state index contributed by atoms with van der Waals surface area (Å²) in [5.41, 5.74) is 10.3. The molecule has 6 aromatic rings. The van der Waals surface area contributed by atoms with E-state index in [4.69, 9.17) is 9.97 Å². The molecule has 12 nitrogen and oxygen atoms in total. The van der Waals surface area contributed by atoms with Gasteiger partial charge < -0.3 is 31.9 Å². The van der Waals surface area contributed by atoms with Gasteiger partial charge in [-0.1, -0.05) is 132 Å². The molecule has 64 heavy (non-hydrogen) atoms. The van der Waals surface area contributed by atoms with E-state index in [0.717, 1.165) is 69.0 Å². The molecule has 2 atom stereocenters. The first-order valence-electron chi connectivity index (χ1n) is 21.2. The number of hydrogen-bond acceptors (Lipinski definition) is 12. The maximum atomic E-state index is 4.69. The van der Waals surface area contributed by atoms with Gasteiger partial charge >= 0.3 is 0 Å². The summed E-state index contributed by atoms with van der Waals surface area (Å²) in [6.07, 6.45) is 6.15. The summed E-state index contributed by atoms with van der Waals surface area (Å²) in [6.45, 7) is 24.8. The third kappa shape index (κ3) is 17.0. The van der Waals surface area contributed by atoms with Gasteiger partial charge in [-0.2, -0.15) is 29.9 Å². The van der Waals surface area contributed by atoms with Gasteiger partial charge in [0.1, 0.15) is 0 Å². The van der Waals surface area contributed by atoms with E-state index in [1.54, 1.807) is 0 Å². The van der Waals surface area contributed by atoms with E-state index in [1.807, 2.05) is 76.2 Å². The minimum Gasteiger partial charge on any atom is -0.352 e. The smallest absolute Gasteiger partial charge is 0.233 e. The lowest BCUT2D eigenvalue weighted by molar-refractivity contribution is 0.751. The van der Waals surface area contributed by atoms with E-state index < -0.39 is 0 Å². The molecule has 0 aliphatic heterocycles. The van der Waals surface area contributed by atoms with Crippen LogP contribution in [0.3, 0.4) is 0 Å². The largest absolute Gasteiger partial charge is 0.352 e. The monoisotopic (exact) mass is 873 g/mol. The molecule has 4 aromatic carbocycles. The molecule has 0 aliphatic carbocycles. The predicted molar refractivity (Wildman–Crippen MR) is 283 cm³/mol. The van der Waals surface area contributed by atoms with Crippen molar-refractivity contribution in [1.82, 2.24) is 29.9 Å². The fourth-order valence-corrected chi connectivity index (χ4v) is 5.74. The van der Waals surface area contributed by atoms with Crippen molar-refractivity contribution in [3.63, 3.8) is 0 Å². The molecule has 0 radical (unpaired) electrons. The van der Waals surface area contributed by atoms with Crippen molar-refractivity contribution in [2.24, 2.45) is 0 Å². The van der Waals surface area contributed by atoms with Crippen molar-refractivity contribution in [1.29, 1.82) is 0 Å². The van der Waals surface area contributed by atoms with Crippen molar-refractivity contribution < 1.29 is 0 Å². The maximum Gasteiger partial charge on any atom is 0.233 e. The number of nitrogens with one attached hydrogen (secondary N) is 6. The lowest BCUT2D eigenvalue weighted by Crippen LogP contribution is -2.17. The Balaban J connectivity index is 0.00000482. The summed E-state index contributed by atoms with van der Waals surface area (Å²) in [5, 5.41) is 20.3. The summed E-state index contributed by atoms with van der Waals surface area (Å²) in [4.78, 5) is 28.0. The maximum absolute atomic E-state index is 4.69. The molecule has 6 rings (SSSR count). The van der Waals surface area contributed by atoms with Crippen LogP contribution >= 0.6 is 0 Å². The summed E-state index contributed by atoms with van der Waals surface area (Å²) in [5.74, 6) is 2.86. The highest BCUT2D eigenvalue weighted by atomic mass is 15.3. The summed E-state index contributed by atoms with van der Waals surface area (Å²) in [6, 6.07) is 29.0. The number of aryl methyl sites for hydroxylation is 4. The number of para-hydroxylation sites is 2. The van der Waals surface area contributed by atoms with Crippen molar-refractivity contribution >= 4 is 70.6 Å². The van der Waals surface area contributed by atoms with Crippen molar-refractivity contribution in [3.05, 3.63) is 118 Å². The molecular weight excluding hydrogens is 793 g/mol. The average Bonchev–Trinajstić information content (AvgIpc) is 3.24. The van der Waals surface area contributed by atoms with Gasteiger partial charge in [0.05, 0.1) is 0 Å². The Hall–Kier alpha value is -6.56. The molecule has 6 N–H and O–H groups in total. The summed E-state index contributed by atoms with van der Waals surface area (Å²) in [7, 11) is 0. The lowest BCUT2D eigenvalue weighted by atomic mass is 10.0. The van der Waals surface area contributed by atoms with Crippen molar-refractivity contribution in [3.8, 4) is 0 Å². The topological polar surface area (TPSA) is 150 Å². The van der Waals surface area contributed by atoms with Crippen LogP contribution in [-0.2, 0) is 0 Å². The number of aromatic nitrogens is 6. The van der Waals surface area contributed by atoms with E-state index in [9.17, 15) is 0 Å². The summed E-state index contributed by atoms with van der Waals surface area (Å²) >= 11 is 0. The van der Waals surface area contributed by atoms with Crippen LogP contribution in [0.1, 0.15) is 131 Å². The molecule has 2 heterocycles. The van der Waals surface area contributed by atoms with Crippen LogP contribution in [0.5, 0.6) is 0 Å². The number of benzene rings is 4. The molecule has 0 aliphatic rings. The quantitative estimate of drug-likeness (QED) is 0.0514. The molecule has 0 fully saturated rings. The zero-order chi connectivity index (χ0) is 43.6. The second-order valence-electron chi connectivity index (χ2n) is 14.1. The van der Waals surface area contributed by atoms with Crippen LogP contribution < -0.4 is 31.9 Å². The first kappa shape index (κ1) is 57.4. The summed E-state index contributed by atoms with van der Waals surface area (Å²) < 4.78 is 0. The number of hydrogen-bond donors (Lipinski definition) is 6. The number of anilines is 10. The van der Waals surface area contributed by atoms with E-state index in [2.05, 4.69) is 156 Å². The van der Waals surface area contributed by atoms with E-state index in [-0.39, 0.29) is 41.8 Å². The van der Waals surface area contributed by atoms with Crippen LogP contribution in [0.25, 0.3) is 12.2 Å². The molecule has 0 saturated heterocycles. The highest BCUT2D eigenvalue weighted by Crippen LogP contribution is 2.26. The predicted octanol–water partition coefficient (Wildman–Crippen LogP) is 15.5. The van der Waals surface area contributed by atoms with Crippen LogP contribution in [-0.4, -0.2) is 42.0 Å². The Bertz CT molecular complexity index is 2150. The highest BCUT2D eigenvalue weighted by Gasteiger charge is 2.13. The Kier molecular flexibility index (Phi) is 26.0. The molecule has 0 amide bonds. The van der Waals surface area contributed by atoms with Crippen molar-refractivity contribution in [2.45, 2.75) is 138 Å². The zero-order valence-corrected chi connectivity index (χ0v) is 37.5. The standard InChI is InChI=1S/C44H52N12.2C2H6.4CH4/c1-9-31(7)45-39-51-41(55-43(53-39)49-37-17-13-11-15-27(37)3)47-35-23-21-33(29(5)25-35)19-20-34-22-24-36(26-30(34)6)48-42-52-40(46-32(8)10-2)54-44(56-42)50-38-18-14-12-16-28(38)4;2*1-2;;;;/h11-26,31-32H,9-10H2,1-8H3,(H3,45,47,49,51,53,55)(H3,46,48,50,52,54,56);2*1-2H3;4*1H4. The van der Waals surface area contributed by atoms with Crippen LogP contribution in [0, 0.1) is 27.7 Å². The normalized spacial score (nSPS) is 10.9. The van der Waals surface area contributed by atoms with Gasteiger partial charge in [-0.05, 0) is 124 Å². The van der Waals surface area contributed by atoms with Crippen LogP contribution in [0.2, 0.25) is 0 Å². The molecule has 12 heteroatoms. The molecule has 348 valence electrons. The molecule has 0 saturated carbocycles. The van der Waals surface area contributed by atoms with E-state index >= 15 is 0 Å². The van der Waals surface area contributed by atoms with Gasteiger partial charge in [0.25, 0.3) is 0 Å². The number of nitrogens with zero attached hydrogens (tertiary/aromatic N) is 6. The fourth-order valence-electron chi connectivity index (χ4n) is 5.74. The van der Waals surface area contributed by atoms with Crippen LogP contribution in [0.4, 0.5) is 58.4 Å². The first-order valence-corrected chi connectivity index (χ1v) is 21.2. The zero-order valence-electron chi connectivity index (χ0n) is 37.5. The Morgan fingerprint density at radius 3 is 1.05 bits per heavy atom. The fraction of sp³-hybridized carbons (Fsp3) is 0.385. The first-order chi connectivity index (χ1) is 29.0. The molecule has 0 spiro atoms. The van der Waals surface area contributed by atoms with Gasteiger partial charge in [-0.3, -0.25) is 0 Å². The van der Waals surface area contributed by atoms with Gasteiger partial charge in [0.2, 0.25) is 35.7 Å². The highest BCUT2D eigenvalue weighted by molar-refractivity contribution is 5.75. The minimum absolute atomic E-state index is 0. The van der Waals surface area contributed by atoms with Crippen molar-refractivity contribution in [2.75, 3.05) is 31.9 Å². The van der Waals surface area contributed by atoms with Gasteiger partial charge in [-0.15, -0.1) is 0 Å². The Morgan fingerprint density at radius 2 is 0.734 bits per heavy atom. The van der Waals surface area contributed by atoms with Gasteiger partial charge in [0.15, 0.2) is 0 Å². The van der Waals surface area contributed by atoms with E-state index in [1.165, 1.54) is 0 Å². The Morgan fingerprint density at radius 1 is 0.422 bits per heavy atom. The number of rotatable bonds is 16. The second kappa shape index (κ2) is 28.9. The molecule has 2 aromatic heterocycles. The van der Waals surface area contributed by atoms with Crippen LogP contribution in [0.15, 0.2) is 84.9 Å². The molecular formula is C52H80N12. The van der Waals surface area contributed by atoms with Gasteiger partial charge in [0, 0.05) is 34.8 Å². The third-order valence-electron chi connectivity index (χ3n) is 9.52. The molecule has 2 unspecified atom stereocenters. The van der Waals surface area contributed by atoms with E-state index in [0.29, 0.717) is 35.7 Å². The SMILES string of the molecule is C.C.C.C.CC.CC.CCC(C)Nc1nc(Nc2ccc(C=Cc3ccc(Nc4nc(Nc5ccccc5C)nc(NC(C)CC)n4)cc3C)c(C)c2)nc(Nc2ccccc2C)n1.